The minimum Gasteiger partial charge on any atom is -0.379 e. The van der Waals surface area contributed by atoms with Gasteiger partial charge in [-0.3, -0.25) is 4.99 Å². The van der Waals surface area contributed by atoms with Crippen LogP contribution in [0, 0.1) is 0 Å². The zero-order chi connectivity index (χ0) is 20.0. The second kappa shape index (κ2) is 15.9. The van der Waals surface area contributed by atoms with Gasteiger partial charge in [0.15, 0.2) is 5.96 Å². The molecule has 1 aromatic carbocycles. The lowest BCUT2D eigenvalue weighted by Gasteiger charge is -2.32. The van der Waals surface area contributed by atoms with Gasteiger partial charge in [-0.05, 0) is 43.9 Å². The fraction of sp³-hybridized carbons (Fsp3) is 0.682. The Morgan fingerprint density at radius 2 is 1.86 bits per heavy atom. The van der Waals surface area contributed by atoms with Crippen molar-refractivity contribution >= 4 is 29.9 Å². The first kappa shape index (κ1) is 26.1. The maximum atomic E-state index is 5.66. The van der Waals surface area contributed by atoms with Gasteiger partial charge in [-0.25, -0.2) is 0 Å². The van der Waals surface area contributed by atoms with Gasteiger partial charge >= 0.3 is 0 Å². The van der Waals surface area contributed by atoms with Crippen molar-refractivity contribution in [1.29, 1.82) is 0 Å². The lowest BCUT2D eigenvalue weighted by molar-refractivity contribution is 0.0453. The van der Waals surface area contributed by atoms with Crippen LogP contribution in [0.15, 0.2) is 29.3 Å². The number of halogens is 1. The number of hydrogen-bond donors (Lipinski definition) is 2. The number of ether oxygens (including phenoxy) is 2. The Kier molecular flexibility index (Phi) is 14.3. The summed E-state index contributed by atoms with van der Waals surface area (Å²) >= 11 is 0. The monoisotopic (exact) mass is 518 g/mol. The number of nitrogens with one attached hydrogen (secondary N) is 2. The van der Waals surface area contributed by atoms with Crippen LogP contribution in [-0.2, 0) is 22.6 Å². The van der Waals surface area contributed by atoms with E-state index in [1.807, 2.05) is 14.0 Å². The molecule has 6 nitrogen and oxygen atoms in total. The molecule has 29 heavy (non-hydrogen) atoms. The third-order valence-electron chi connectivity index (χ3n) is 4.99. The number of aliphatic imine (C=N–C) groups is 1. The molecule has 1 aliphatic rings. The van der Waals surface area contributed by atoms with Crippen molar-refractivity contribution in [3.05, 3.63) is 35.4 Å². The van der Waals surface area contributed by atoms with Gasteiger partial charge in [-0.15, -0.1) is 24.0 Å². The Bertz CT molecular complexity index is 578. The third kappa shape index (κ3) is 10.6. The molecule has 0 unspecified atom stereocenters. The molecular formula is C22H39IN4O2. The van der Waals surface area contributed by atoms with Crippen molar-refractivity contribution in [3.8, 4) is 0 Å². The number of likely N-dealkylation sites (tertiary alicyclic amines) is 1. The molecule has 1 saturated heterocycles. The predicted molar refractivity (Wildman–Crippen MR) is 131 cm³/mol. The van der Waals surface area contributed by atoms with Crippen LogP contribution in [0.25, 0.3) is 0 Å². The number of guanidine groups is 1. The first-order chi connectivity index (χ1) is 13.7. The molecule has 166 valence electrons. The van der Waals surface area contributed by atoms with Gasteiger partial charge in [0.05, 0.1) is 19.8 Å². The molecule has 0 amide bonds. The molecule has 0 saturated carbocycles. The van der Waals surface area contributed by atoms with E-state index in [4.69, 9.17) is 9.47 Å². The molecule has 0 atom stereocenters. The molecule has 1 heterocycles. The summed E-state index contributed by atoms with van der Waals surface area (Å²) in [4.78, 5) is 6.95. The second-order valence-corrected chi connectivity index (χ2v) is 7.26. The molecule has 1 aromatic rings. The highest BCUT2D eigenvalue weighted by Crippen LogP contribution is 2.11. The third-order valence-corrected chi connectivity index (χ3v) is 4.99. The maximum Gasteiger partial charge on any atom is 0.191 e. The van der Waals surface area contributed by atoms with Crippen molar-refractivity contribution in [2.45, 2.75) is 52.3 Å². The summed E-state index contributed by atoms with van der Waals surface area (Å²) in [5.74, 6) is 0.882. The van der Waals surface area contributed by atoms with E-state index in [1.165, 1.54) is 50.0 Å². The Morgan fingerprint density at radius 3 is 2.55 bits per heavy atom. The summed E-state index contributed by atoms with van der Waals surface area (Å²) < 4.78 is 11.0. The maximum absolute atomic E-state index is 5.66. The van der Waals surface area contributed by atoms with Gasteiger partial charge in [0.25, 0.3) is 0 Å². The molecule has 0 bridgehead atoms. The van der Waals surface area contributed by atoms with Crippen molar-refractivity contribution in [2.75, 3.05) is 46.5 Å². The van der Waals surface area contributed by atoms with Gasteiger partial charge in [0, 0.05) is 39.3 Å². The van der Waals surface area contributed by atoms with Crippen LogP contribution in [0.1, 0.15) is 44.2 Å². The van der Waals surface area contributed by atoms with E-state index in [0.29, 0.717) is 25.9 Å². The standard InChI is InChI=1S/C22H38N4O2.HI/c1-4-11-26-12-9-21(10-13-26)25-22(23-3)24-17-19-7-6-8-20(16-19)18-28-15-14-27-5-2;/h6-8,16,21H,4-5,9-15,17-18H2,1-3H3,(H2,23,24,25);1H. The van der Waals surface area contributed by atoms with Crippen LogP contribution >= 0.6 is 24.0 Å². The van der Waals surface area contributed by atoms with Crippen LogP contribution in [0.4, 0.5) is 0 Å². The fourth-order valence-corrected chi connectivity index (χ4v) is 3.47. The Hall–Kier alpha value is -0.900. The smallest absolute Gasteiger partial charge is 0.191 e. The quantitative estimate of drug-likeness (QED) is 0.204. The summed E-state index contributed by atoms with van der Waals surface area (Å²) in [5.41, 5.74) is 2.41. The Morgan fingerprint density at radius 1 is 1.14 bits per heavy atom. The highest BCUT2D eigenvalue weighted by Gasteiger charge is 2.19. The Labute approximate surface area is 193 Å². The minimum absolute atomic E-state index is 0. The number of hydrogen-bond acceptors (Lipinski definition) is 4. The van der Waals surface area contributed by atoms with Crippen LogP contribution < -0.4 is 10.6 Å². The topological polar surface area (TPSA) is 58.1 Å². The number of benzene rings is 1. The largest absolute Gasteiger partial charge is 0.379 e. The van der Waals surface area contributed by atoms with E-state index in [-0.39, 0.29) is 24.0 Å². The van der Waals surface area contributed by atoms with E-state index >= 15 is 0 Å². The predicted octanol–water partition coefficient (Wildman–Crippen LogP) is 3.40. The van der Waals surface area contributed by atoms with E-state index in [1.54, 1.807) is 0 Å². The van der Waals surface area contributed by atoms with Crippen LogP contribution in [0.5, 0.6) is 0 Å². The van der Waals surface area contributed by atoms with Gasteiger partial charge in [-0.1, -0.05) is 31.2 Å². The van der Waals surface area contributed by atoms with E-state index < -0.39 is 0 Å². The van der Waals surface area contributed by atoms with Crippen molar-refractivity contribution in [2.24, 2.45) is 4.99 Å². The summed E-state index contributed by atoms with van der Waals surface area (Å²) in [6, 6.07) is 9.00. The summed E-state index contributed by atoms with van der Waals surface area (Å²) in [5, 5.41) is 7.03. The number of piperidine rings is 1. The van der Waals surface area contributed by atoms with Gasteiger partial charge in [0.2, 0.25) is 0 Å². The first-order valence-electron chi connectivity index (χ1n) is 10.7. The average Bonchev–Trinajstić information content (AvgIpc) is 2.73. The second-order valence-electron chi connectivity index (χ2n) is 7.26. The molecule has 0 radical (unpaired) electrons. The lowest BCUT2D eigenvalue weighted by Crippen LogP contribution is -2.48. The molecule has 2 rings (SSSR count). The molecular weight excluding hydrogens is 479 g/mol. The van der Waals surface area contributed by atoms with Gasteiger partial charge in [-0.2, -0.15) is 0 Å². The minimum atomic E-state index is 0. The van der Waals surface area contributed by atoms with Crippen LogP contribution in [0.3, 0.4) is 0 Å². The van der Waals surface area contributed by atoms with Crippen molar-refractivity contribution < 1.29 is 9.47 Å². The highest BCUT2D eigenvalue weighted by molar-refractivity contribution is 14.0. The lowest BCUT2D eigenvalue weighted by atomic mass is 10.1. The fourth-order valence-electron chi connectivity index (χ4n) is 3.47. The zero-order valence-electron chi connectivity index (χ0n) is 18.3. The molecule has 0 spiro atoms. The molecule has 1 fully saturated rings. The first-order valence-corrected chi connectivity index (χ1v) is 10.7. The molecule has 7 heteroatoms. The highest BCUT2D eigenvalue weighted by atomic mass is 127. The molecule has 0 aliphatic carbocycles. The normalized spacial score (nSPS) is 15.8. The average molecular weight is 518 g/mol. The molecule has 0 aromatic heterocycles. The molecule has 1 aliphatic heterocycles. The zero-order valence-corrected chi connectivity index (χ0v) is 20.6. The SMILES string of the molecule is CCCN1CCC(NC(=NC)NCc2cccc(COCCOCC)c2)CC1.I. The van der Waals surface area contributed by atoms with Crippen LogP contribution in [-0.4, -0.2) is 63.4 Å². The van der Waals surface area contributed by atoms with Gasteiger partial charge < -0.3 is 25.0 Å². The van der Waals surface area contributed by atoms with Crippen molar-refractivity contribution in [1.82, 2.24) is 15.5 Å². The van der Waals surface area contributed by atoms with E-state index in [2.05, 4.69) is 51.7 Å². The van der Waals surface area contributed by atoms with E-state index in [0.717, 1.165) is 19.1 Å². The summed E-state index contributed by atoms with van der Waals surface area (Å²) in [7, 11) is 1.84. The van der Waals surface area contributed by atoms with E-state index in [9.17, 15) is 0 Å². The summed E-state index contributed by atoms with van der Waals surface area (Å²) in [6.45, 7) is 11.2. The Balaban J connectivity index is 0.00000420. The number of nitrogens with zero attached hydrogens (tertiary/aromatic N) is 2. The summed E-state index contributed by atoms with van der Waals surface area (Å²) in [6.07, 6.45) is 3.59. The number of rotatable bonds is 11. The van der Waals surface area contributed by atoms with Crippen molar-refractivity contribution in [3.63, 3.8) is 0 Å². The van der Waals surface area contributed by atoms with Gasteiger partial charge in [0.1, 0.15) is 0 Å². The van der Waals surface area contributed by atoms with Crippen LogP contribution in [0.2, 0.25) is 0 Å². The molecule has 2 N–H and O–H groups in total.